The standard InChI is InChI=1S/C15H25NO3S/c17-7-6-12-3-1-5-15(12)16-9-13(18)10-19-11-14-4-2-8-20-14/h2,4,8,12-13,15-18H,1,3,5-7,9-11H2/t12-,13-,15-/m0/s1. The smallest absolute Gasteiger partial charge is 0.0897 e. The predicted molar refractivity (Wildman–Crippen MR) is 80.8 cm³/mol. The highest BCUT2D eigenvalue weighted by atomic mass is 32.1. The second-order valence-corrected chi connectivity index (χ2v) is 6.50. The SMILES string of the molecule is OCC[C@@H]1CCC[C@@H]1NC[C@H](O)COCc1cccs1. The maximum Gasteiger partial charge on any atom is 0.0897 e. The van der Waals surface area contributed by atoms with Crippen molar-refractivity contribution in [3.05, 3.63) is 22.4 Å². The van der Waals surface area contributed by atoms with Gasteiger partial charge in [0.2, 0.25) is 0 Å². The van der Waals surface area contributed by atoms with E-state index in [-0.39, 0.29) is 6.61 Å². The lowest BCUT2D eigenvalue weighted by molar-refractivity contribution is 0.0278. The summed E-state index contributed by atoms with van der Waals surface area (Å²) in [5.41, 5.74) is 0. The molecule has 4 nitrogen and oxygen atoms in total. The van der Waals surface area contributed by atoms with Crippen molar-refractivity contribution in [1.29, 1.82) is 0 Å². The molecule has 1 aliphatic carbocycles. The number of nitrogens with one attached hydrogen (secondary N) is 1. The Morgan fingerprint density at radius 3 is 3.10 bits per heavy atom. The molecule has 1 aromatic heterocycles. The van der Waals surface area contributed by atoms with E-state index in [1.165, 1.54) is 17.7 Å². The number of aliphatic hydroxyl groups excluding tert-OH is 2. The van der Waals surface area contributed by atoms with Crippen molar-refractivity contribution in [3.8, 4) is 0 Å². The zero-order chi connectivity index (χ0) is 14.2. The molecule has 0 aromatic carbocycles. The van der Waals surface area contributed by atoms with Gasteiger partial charge < -0.3 is 20.3 Å². The van der Waals surface area contributed by atoms with E-state index >= 15 is 0 Å². The lowest BCUT2D eigenvalue weighted by Gasteiger charge is -2.22. The molecule has 1 saturated carbocycles. The molecule has 0 spiro atoms. The number of ether oxygens (including phenoxy) is 1. The van der Waals surface area contributed by atoms with E-state index in [1.54, 1.807) is 11.3 Å². The van der Waals surface area contributed by atoms with Gasteiger partial charge in [-0.25, -0.2) is 0 Å². The van der Waals surface area contributed by atoms with Crippen LogP contribution in [0.5, 0.6) is 0 Å². The zero-order valence-corrected chi connectivity index (χ0v) is 12.6. The quantitative estimate of drug-likeness (QED) is 0.650. The first-order chi connectivity index (χ1) is 9.79. The van der Waals surface area contributed by atoms with Crippen LogP contribution in [0.4, 0.5) is 0 Å². The Labute approximate surface area is 124 Å². The van der Waals surface area contributed by atoms with Crippen molar-refractivity contribution in [3.63, 3.8) is 0 Å². The summed E-state index contributed by atoms with van der Waals surface area (Å²) in [6, 6.07) is 4.48. The summed E-state index contributed by atoms with van der Waals surface area (Å²) in [5.74, 6) is 0.555. The van der Waals surface area contributed by atoms with Crippen LogP contribution in [0.2, 0.25) is 0 Å². The third-order valence-corrected chi connectivity index (χ3v) is 4.76. The lowest BCUT2D eigenvalue weighted by Crippen LogP contribution is -2.39. The minimum Gasteiger partial charge on any atom is -0.396 e. The normalized spacial score (nSPS) is 24.1. The van der Waals surface area contributed by atoms with Crippen LogP contribution in [0.3, 0.4) is 0 Å². The number of hydrogen-bond donors (Lipinski definition) is 3. The van der Waals surface area contributed by atoms with E-state index in [2.05, 4.69) is 5.32 Å². The van der Waals surface area contributed by atoms with Gasteiger partial charge in [-0.15, -0.1) is 11.3 Å². The summed E-state index contributed by atoms with van der Waals surface area (Å²) >= 11 is 1.67. The second-order valence-electron chi connectivity index (χ2n) is 5.47. The fourth-order valence-corrected chi connectivity index (χ4v) is 3.49. The summed E-state index contributed by atoms with van der Waals surface area (Å²) < 4.78 is 5.51. The molecule has 3 atom stereocenters. The van der Waals surface area contributed by atoms with E-state index < -0.39 is 6.10 Å². The molecule has 2 rings (SSSR count). The third-order valence-electron chi connectivity index (χ3n) is 3.91. The molecule has 0 unspecified atom stereocenters. The molecular formula is C15H25NO3S. The van der Waals surface area contributed by atoms with Crippen LogP contribution < -0.4 is 5.32 Å². The number of thiophene rings is 1. The molecule has 5 heteroatoms. The average Bonchev–Trinajstić information content (AvgIpc) is 3.08. The van der Waals surface area contributed by atoms with Gasteiger partial charge >= 0.3 is 0 Å². The molecule has 114 valence electrons. The minimum absolute atomic E-state index is 0.259. The van der Waals surface area contributed by atoms with Gasteiger partial charge in [-0.05, 0) is 36.6 Å². The van der Waals surface area contributed by atoms with E-state index in [0.29, 0.717) is 31.7 Å². The molecule has 1 fully saturated rings. The fourth-order valence-electron chi connectivity index (χ4n) is 2.85. The first-order valence-corrected chi connectivity index (χ1v) is 8.30. The Morgan fingerprint density at radius 2 is 2.35 bits per heavy atom. The van der Waals surface area contributed by atoms with Crippen LogP contribution in [-0.4, -0.2) is 42.1 Å². The highest BCUT2D eigenvalue weighted by molar-refractivity contribution is 7.09. The van der Waals surface area contributed by atoms with Gasteiger partial charge in [0.25, 0.3) is 0 Å². The van der Waals surface area contributed by atoms with Crippen molar-refractivity contribution in [2.45, 2.75) is 44.4 Å². The van der Waals surface area contributed by atoms with Gasteiger partial charge in [0.15, 0.2) is 0 Å². The van der Waals surface area contributed by atoms with Gasteiger partial charge in [-0.2, -0.15) is 0 Å². The van der Waals surface area contributed by atoms with Crippen LogP contribution in [0.15, 0.2) is 17.5 Å². The Kier molecular flexibility index (Phi) is 6.96. The monoisotopic (exact) mass is 299 g/mol. The highest BCUT2D eigenvalue weighted by Gasteiger charge is 2.26. The van der Waals surface area contributed by atoms with Crippen molar-refractivity contribution in [2.24, 2.45) is 5.92 Å². The molecule has 1 aliphatic rings. The third kappa shape index (κ3) is 5.14. The van der Waals surface area contributed by atoms with Crippen molar-refractivity contribution < 1.29 is 14.9 Å². The van der Waals surface area contributed by atoms with Gasteiger partial charge in [-0.3, -0.25) is 0 Å². The number of aliphatic hydroxyl groups is 2. The molecular weight excluding hydrogens is 274 g/mol. The Balaban J connectivity index is 1.58. The summed E-state index contributed by atoms with van der Waals surface area (Å²) in [4.78, 5) is 1.18. The number of hydrogen-bond acceptors (Lipinski definition) is 5. The summed E-state index contributed by atoms with van der Waals surface area (Å²) in [6.45, 7) is 1.76. The Bertz CT molecular complexity index is 358. The van der Waals surface area contributed by atoms with Gasteiger partial charge in [0.1, 0.15) is 0 Å². The zero-order valence-electron chi connectivity index (χ0n) is 11.8. The molecule has 1 aromatic rings. The Morgan fingerprint density at radius 1 is 1.45 bits per heavy atom. The van der Waals surface area contributed by atoms with Crippen molar-refractivity contribution >= 4 is 11.3 Å². The maximum absolute atomic E-state index is 9.92. The van der Waals surface area contributed by atoms with Crippen LogP contribution in [-0.2, 0) is 11.3 Å². The molecule has 0 aliphatic heterocycles. The Hall–Kier alpha value is -0.460. The second kappa shape index (κ2) is 8.74. The van der Waals surface area contributed by atoms with Crippen LogP contribution in [0.1, 0.15) is 30.6 Å². The molecule has 0 saturated heterocycles. The minimum atomic E-state index is -0.467. The largest absolute Gasteiger partial charge is 0.396 e. The van der Waals surface area contributed by atoms with Gasteiger partial charge in [-0.1, -0.05) is 12.5 Å². The molecule has 0 bridgehead atoms. The van der Waals surface area contributed by atoms with E-state index in [4.69, 9.17) is 9.84 Å². The summed E-state index contributed by atoms with van der Waals surface area (Å²) in [6.07, 6.45) is 3.94. The van der Waals surface area contributed by atoms with E-state index in [0.717, 1.165) is 12.8 Å². The molecule has 1 heterocycles. The van der Waals surface area contributed by atoms with E-state index in [9.17, 15) is 5.11 Å². The van der Waals surface area contributed by atoms with Crippen LogP contribution in [0, 0.1) is 5.92 Å². The van der Waals surface area contributed by atoms with Crippen LogP contribution in [0.25, 0.3) is 0 Å². The summed E-state index contributed by atoms with van der Waals surface area (Å²) in [5, 5.41) is 24.4. The molecule has 0 radical (unpaired) electrons. The lowest BCUT2D eigenvalue weighted by atomic mass is 10.00. The van der Waals surface area contributed by atoms with Crippen molar-refractivity contribution in [1.82, 2.24) is 5.32 Å². The number of rotatable bonds is 9. The topological polar surface area (TPSA) is 61.7 Å². The highest BCUT2D eigenvalue weighted by Crippen LogP contribution is 2.28. The van der Waals surface area contributed by atoms with Crippen LogP contribution >= 0.6 is 11.3 Å². The molecule has 20 heavy (non-hydrogen) atoms. The molecule has 0 amide bonds. The first kappa shape index (κ1) is 15.9. The predicted octanol–water partition coefficient (Wildman–Crippen LogP) is 1.77. The van der Waals surface area contributed by atoms with Crippen molar-refractivity contribution in [2.75, 3.05) is 19.8 Å². The average molecular weight is 299 g/mol. The molecule has 3 N–H and O–H groups in total. The van der Waals surface area contributed by atoms with E-state index in [1.807, 2.05) is 17.5 Å². The van der Waals surface area contributed by atoms with Gasteiger partial charge in [0, 0.05) is 24.1 Å². The van der Waals surface area contributed by atoms with Gasteiger partial charge in [0.05, 0.1) is 19.3 Å². The first-order valence-electron chi connectivity index (χ1n) is 7.42. The fraction of sp³-hybridized carbons (Fsp3) is 0.733. The maximum atomic E-state index is 9.92. The summed E-state index contributed by atoms with van der Waals surface area (Å²) in [7, 11) is 0.